The van der Waals surface area contributed by atoms with Gasteiger partial charge in [0.1, 0.15) is 11.9 Å². The Hall–Kier alpha value is -1.88. The summed E-state index contributed by atoms with van der Waals surface area (Å²) in [7, 11) is 0. The number of imidazole rings is 1. The maximum Gasteiger partial charge on any atom is 0.213 e. The first-order chi connectivity index (χ1) is 10.4. The number of ether oxygens (including phenoxy) is 1. The number of hydrogen-bond acceptors (Lipinski definition) is 4. The molecule has 21 heavy (non-hydrogen) atoms. The molecule has 0 saturated heterocycles. The van der Waals surface area contributed by atoms with Gasteiger partial charge >= 0.3 is 0 Å². The SMILES string of the molecule is c1cc(CNCc2ncc[nH]2)cc(OC2CCCCC2)n1. The third-order valence-corrected chi connectivity index (χ3v) is 3.82. The van der Waals surface area contributed by atoms with Crippen molar-refractivity contribution in [2.45, 2.75) is 51.3 Å². The van der Waals surface area contributed by atoms with Crippen LogP contribution in [-0.4, -0.2) is 21.1 Å². The van der Waals surface area contributed by atoms with Crippen molar-refractivity contribution in [3.8, 4) is 5.88 Å². The fraction of sp³-hybridized carbons (Fsp3) is 0.500. The number of nitrogens with one attached hydrogen (secondary N) is 2. The molecular formula is C16H22N4O. The van der Waals surface area contributed by atoms with E-state index >= 15 is 0 Å². The predicted molar refractivity (Wildman–Crippen MR) is 80.9 cm³/mol. The molecule has 1 saturated carbocycles. The van der Waals surface area contributed by atoms with Gasteiger partial charge in [-0.05, 0) is 37.3 Å². The van der Waals surface area contributed by atoms with Crippen LogP contribution in [0.1, 0.15) is 43.5 Å². The lowest BCUT2D eigenvalue weighted by Crippen LogP contribution is -2.20. The van der Waals surface area contributed by atoms with Crippen LogP contribution >= 0.6 is 0 Å². The molecule has 0 spiro atoms. The molecule has 0 amide bonds. The fourth-order valence-corrected chi connectivity index (χ4v) is 2.70. The van der Waals surface area contributed by atoms with Gasteiger partial charge in [-0.3, -0.25) is 0 Å². The van der Waals surface area contributed by atoms with Crippen molar-refractivity contribution in [2.24, 2.45) is 0 Å². The van der Waals surface area contributed by atoms with Crippen LogP contribution in [-0.2, 0) is 13.1 Å². The van der Waals surface area contributed by atoms with E-state index in [1.54, 1.807) is 6.20 Å². The van der Waals surface area contributed by atoms with Gasteiger partial charge in [-0.25, -0.2) is 9.97 Å². The van der Waals surface area contributed by atoms with Crippen LogP contribution in [0.15, 0.2) is 30.7 Å². The largest absolute Gasteiger partial charge is 0.474 e. The zero-order valence-corrected chi connectivity index (χ0v) is 12.2. The molecule has 2 heterocycles. The summed E-state index contributed by atoms with van der Waals surface area (Å²) in [5, 5.41) is 3.36. The van der Waals surface area contributed by atoms with Gasteiger partial charge in [-0.2, -0.15) is 0 Å². The molecule has 2 aromatic rings. The molecule has 0 radical (unpaired) electrons. The summed E-state index contributed by atoms with van der Waals surface area (Å²) in [4.78, 5) is 11.6. The van der Waals surface area contributed by atoms with Crippen molar-refractivity contribution in [3.63, 3.8) is 0 Å². The lowest BCUT2D eigenvalue weighted by molar-refractivity contribution is 0.148. The van der Waals surface area contributed by atoms with Crippen molar-refractivity contribution in [1.82, 2.24) is 20.3 Å². The molecule has 2 aromatic heterocycles. The third kappa shape index (κ3) is 4.29. The van der Waals surface area contributed by atoms with E-state index in [1.807, 2.05) is 24.5 Å². The Morgan fingerprint density at radius 2 is 2.05 bits per heavy atom. The Bertz CT molecular complexity index is 535. The van der Waals surface area contributed by atoms with Gasteiger partial charge in [0, 0.05) is 31.2 Å². The molecule has 0 aromatic carbocycles. The minimum absolute atomic E-state index is 0.345. The summed E-state index contributed by atoms with van der Waals surface area (Å²) in [6.45, 7) is 1.51. The molecule has 2 N–H and O–H groups in total. The molecule has 0 unspecified atom stereocenters. The lowest BCUT2D eigenvalue weighted by Gasteiger charge is -2.22. The Kier molecular flexibility index (Phi) is 4.84. The highest BCUT2D eigenvalue weighted by Gasteiger charge is 2.15. The normalized spacial score (nSPS) is 16.0. The quantitative estimate of drug-likeness (QED) is 0.857. The Labute approximate surface area is 125 Å². The number of hydrogen-bond donors (Lipinski definition) is 2. The van der Waals surface area contributed by atoms with E-state index in [4.69, 9.17) is 4.74 Å². The van der Waals surface area contributed by atoms with Crippen LogP contribution in [0.5, 0.6) is 5.88 Å². The molecular weight excluding hydrogens is 264 g/mol. The number of aromatic amines is 1. The summed E-state index contributed by atoms with van der Waals surface area (Å²) in [6, 6.07) is 4.05. The van der Waals surface area contributed by atoms with E-state index < -0.39 is 0 Å². The van der Waals surface area contributed by atoms with Gasteiger partial charge in [0.15, 0.2) is 0 Å². The van der Waals surface area contributed by atoms with Crippen molar-refractivity contribution in [1.29, 1.82) is 0 Å². The maximum absolute atomic E-state index is 5.99. The summed E-state index contributed by atoms with van der Waals surface area (Å²) in [5.41, 5.74) is 1.18. The predicted octanol–water partition coefficient (Wildman–Crippen LogP) is 2.81. The van der Waals surface area contributed by atoms with Crippen LogP contribution in [0, 0.1) is 0 Å². The summed E-state index contributed by atoms with van der Waals surface area (Å²) < 4.78 is 5.99. The highest BCUT2D eigenvalue weighted by Crippen LogP contribution is 2.22. The van der Waals surface area contributed by atoms with Crippen LogP contribution in [0.25, 0.3) is 0 Å². The van der Waals surface area contributed by atoms with E-state index in [0.717, 1.165) is 37.6 Å². The van der Waals surface area contributed by atoms with Gasteiger partial charge in [-0.15, -0.1) is 0 Å². The van der Waals surface area contributed by atoms with E-state index in [2.05, 4.69) is 20.3 Å². The molecule has 1 fully saturated rings. The van der Waals surface area contributed by atoms with E-state index in [0.29, 0.717) is 6.10 Å². The number of pyridine rings is 1. The second-order valence-corrected chi connectivity index (χ2v) is 5.52. The van der Waals surface area contributed by atoms with Crippen LogP contribution < -0.4 is 10.1 Å². The first-order valence-corrected chi connectivity index (χ1v) is 7.71. The van der Waals surface area contributed by atoms with Crippen LogP contribution in [0.3, 0.4) is 0 Å². The zero-order valence-electron chi connectivity index (χ0n) is 12.2. The second kappa shape index (κ2) is 7.22. The molecule has 0 aliphatic heterocycles. The van der Waals surface area contributed by atoms with Gasteiger partial charge in [0.05, 0.1) is 6.54 Å². The summed E-state index contributed by atoms with van der Waals surface area (Å²) in [6.07, 6.45) is 12.0. The number of rotatable bonds is 6. The molecule has 0 atom stereocenters. The van der Waals surface area contributed by atoms with Gasteiger partial charge in [0.2, 0.25) is 5.88 Å². The van der Waals surface area contributed by atoms with E-state index in [1.165, 1.54) is 24.8 Å². The standard InChI is InChI=1S/C16H22N4O/c1-2-4-14(5-3-1)21-16-10-13(6-7-20-16)11-17-12-15-18-8-9-19-15/h6-10,14,17H,1-5,11-12H2,(H,18,19). The maximum atomic E-state index is 5.99. The van der Waals surface area contributed by atoms with Crippen molar-refractivity contribution in [3.05, 3.63) is 42.1 Å². The van der Waals surface area contributed by atoms with Crippen molar-refractivity contribution < 1.29 is 4.74 Å². The number of nitrogens with zero attached hydrogens (tertiary/aromatic N) is 2. The fourth-order valence-electron chi connectivity index (χ4n) is 2.70. The van der Waals surface area contributed by atoms with Crippen LogP contribution in [0.2, 0.25) is 0 Å². The number of H-pyrrole nitrogens is 1. The molecule has 112 valence electrons. The average Bonchev–Trinajstić information content (AvgIpc) is 3.02. The molecule has 3 rings (SSSR count). The van der Waals surface area contributed by atoms with Crippen molar-refractivity contribution >= 4 is 0 Å². The molecule has 5 nitrogen and oxygen atoms in total. The van der Waals surface area contributed by atoms with Gasteiger partial charge < -0.3 is 15.0 Å². The smallest absolute Gasteiger partial charge is 0.213 e. The van der Waals surface area contributed by atoms with E-state index in [-0.39, 0.29) is 0 Å². The highest BCUT2D eigenvalue weighted by atomic mass is 16.5. The third-order valence-electron chi connectivity index (χ3n) is 3.82. The molecule has 5 heteroatoms. The van der Waals surface area contributed by atoms with Crippen molar-refractivity contribution in [2.75, 3.05) is 0 Å². The molecule has 1 aliphatic rings. The average molecular weight is 286 g/mol. The van der Waals surface area contributed by atoms with Gasteiger partial charge in [-0.1, -0.05) is 6.42 Å². The minimum Gasteiger partial charge on any atom is -0.474 e. The minimum atomic E-state index is 0.345. The first-order valence-electron chi connectivity index (χ1n) is 7.71. The number of aromatic nitrogens is 3. The Morgan fingerprint density at radius 3 is 2.86 bits per heavy atom. The Morgan fingerprint density at radius 1 is 1.14 bits per heavy atom. The monoisotopic (exact) mass is 286 g/mol. The first kappa shape index (κ1) is 14.1. The Balaban J connectivity index is 1.50. The van der Waals surface area contributed by atoms with E-state index in [9.17, 15) is 0 Å². The van der Waals surface area contributed by atoms with Crippen LogP contribution in [0.4, 0.5) is 0 Å². The highest BCUT2D eigenvalue weighted by molar-refractivity contribution is 5.20. The molecule has 1 aliphatic carbocycles. The summed E-state index contributed by atoms with van der Waals surface area (Å²) in [5.74, 6) is 1.70. The van der Waals surface area contributed by atoms with Gasteiger partial charge in [0.25, 0.3) is 0 Å². The lowest BCUT2D eigenvalue weighted by atomic mass is 9.98. The topological polar surface area (TPSA) is 62.8 Å². The summed E-state index contributed by atoms with van der Waals surface area (Å²) >= 11 is 0. The molecule has 0 bridgehead atoms. The second-order valence-electron chi connectivity index (χ2n) is 5.52. The zero-order chi connectivity index (χ0) is 14.3.